The number of anilines is 1. The summed E-state index contributed by atoms with van der Waals surface area (Å²) in [7, 11) is 0. The second kappa shape index (κ2) is 2.90. The maximum absolute atomic E-state index is 13.5. The molecule has 1 aliphatic carbocycles. The molecule has 2 rings (SSSR count). The minimum atomic E-state index is -3.07. The first-order valence-electron chi connectivity index (χ1n) is 4.45. The van der Waals surface area contributed by atoms with E-state index in [1.165, 1.54) is 12.1 Å². The van der Waals surface area contributed by atoms with E-state index in [1.807, 2.05) is 0 Å². The summed E-state index contributed by atoms with van der Waals surface area (Å²) in [5, 5.41) is 0. The molecule has 1 aliphatic rings. The van der Waals surface area contributed by atoms with Crippen LogP contribution >= 0.6 is 0 Å². The van der Waals surface area contributed by atoms with E-state index in [4.69, 9.17) is 5.73 Å². The highest BCUT2D eigenvalue weighted by atomic mass is 19.3. The van der Waals surface area contributed by atoms with Gasteiger partial charge in [-0.3, -0.25) is 0 Å². The van der Waals surface area contributed by atoms with E-state index in [0.717, 1.165) is 6.07 Å². The van der Waals surface area contributed by atoms with E-state index in [9.17, 15) is 13.2 Å². The Bertz CT molecular complexity index is 358. The van der Waals surface area contributed by atoms with Crippen LogP contribution in [-0.2, 0) is 5.92 Å². The first-order valence-corrected chi connectivity index (χ1v) is 4.45. The average Bonchev–Trinajstić information content (AvgIpc) is 2.92. The highest BCUT2D eigenvalue weighted by Crippen LogP contribution is 2.50. The second-order valence-corrected chi connectivity index (χ2v) is 3.61. The van der Waals surface area contributed by atoms with Crippen molar-refractivity contribution in [2.45, 2.75) is 18.8 Å². The molecule has 14 heavy (non-hydrogen) atoms. The third-order valence-corrected chi connectivity index (χ3v) is 2.48. The van der Waals surface area contributed by atoms with Crippen LogP contribution in [0.2, 0.25) is 0 Å². The number of rotatable bonds is 2. The number of halogens is 3. The van der Waals surface area contributed by atoms with Crippen molar-refractivity contribution in [2.75, 3.05) is 5.73 Å². The van der Waals surface area contributed by atoms with Crippen molar-refractivity contribution in [3.05, 3.63) is 29.6 Å². The van der Waals surface area contributed by atoms with E-state index in [0.29, 0.717) is 12.8 Å². The lowest BCUT2D eigenvalue weighted by Gasteiger charge is -2.17. The van der Waals surface area contributed by atoms with Gasteiger partial charge in [0.1, 0.15) is 0 Å². The highest BCUT2D eigenvalue weighted by Gasteiger charge is 2.49. The minimum Gasteiger partial charge on any atom is -0.396 e. The number of nitrogens with two attached hydrogens (primary N) is 1. The van der Waals surface area contributed by atoms with Gasteiger partial charge >= 0.3 is 0 Å². The summed E-state index contributed by atoms with van der Waals surface area (Å²) in [6.07, 6.45) is 0.919. The van der Waals surface area contributed by atoms with E-state index in [2.05, 4.69) is 0 Å². The predicted octanol–water partition coefficient (Wildman–Crippen LogP) is 2.91. The van der Waals surface area contributed by atoms with Crippen LogP contribution in [-0.4, -0.2) is 0 Å². The first kappa shape index (κ1) is 9.37. The van der Waals surface area contributed by atoms with Gasteiger partial charge in [-0.15, -0.1) is 0 Å². The molecule has 0 bridgehead atoms. The Kier molecular flexibility index (Phi) is 1.94. The summed E-state index contributed by atoms with van der Waals surface area (Å²) < 4.78 is 40.3. The van der Waals surface area contributed by atoms with Gasteiger partial charge in [0, 0.05) is 5.92 Å². The molecule has 1 nitrogen and oxygen atoms in total. The minimum absolute atomic E-state index is 0.220. The first-order chi connectivity index (χ1) is 6.53. The maximum Gasteiger partial charge on any atom is 0.278 e. The Hall–Kier alpha value is -1.19. The molecule has 0 unspecified atom stereocenters. The Morgan fingerprint density at radius 1 is 1.29 bits per heavy atom. The van der Waals surface area contributed by atoms with Gasteiger partial charge in [-0.2, -0.15) is 0 Å². The molecular formula is C10H10F3N. The summed E-state index contributed by atoms with van der Waals surface area (Å²) in [6, 6.07) is 3.73. The average molecular weight is 201 g/mol. The van der Waals surface area contributed by atoms with Crippen LogP contribution in [0.4, 0.5) is 18.9 Å². The molecule has 0 aliphatic heterocycles. The zero-order valence-electron chi connectivity index (χ0n) is 7.43. The summed E-state index contributed by atoms with van der Waals surface area (Å²) in [5.74, 6) is -4.76. The fourth-order valence-electron chi connectivity index (χ4n) is 1.47. The van der Waals surface area contributed by atoms with E-state index in [-0.39, 0.29) is 5.69 Å². The lowest BCUT2D eigenvalue weighted by atomic mass is 10.0. The molecule has 4 heteroatoms. The zero-order valence-corrected chi connectivity index (χ0v) is 7.43. The Morgan fingerprint density at radius 3 is 2.50 bits per heavy atom. The van der Waals surface area contributed by atoms with Gasteiger partial charge in [0.2, 0.25) is 0 Å². The molecule has 76 valence electrons. The molecule has 1 aromatic carbocycles. The third kappa shape index (κ3) is 1.35. The Morgan fingerprint density at radius 2 is 1.93 bits per heavy atom. The Labute approximate surface area is 79.7 Å². The fourth-order valence-corrected chi connectivity index (χ4v) is 1.47. The monoisotopic (exact) mass is 201 g/mol. The van der Waals surface area contributed by atoms with Crippen LogP contribution in [0.25, 0.3) is 0 Å². The lowest BCUT2D eigenvalue weighted by Crippen LogP contribution is -2.18. The largest absolute Gasteiger partial charge is 0.396 e. The maximum atomic E-state index is 13.5. The second-order valence-electron chi connectivity index (χ2n) is 3.61. The molecule has 0 aromatic heterocycles. The summed E-state index contributed by atoms with van der Waals surface area (Å²) in [4.78, 5) is 0. The molecule has 0 atom stereocenters. The molecule has 0 spiro atoms. The van der Waals surface area contributed by atoms with Crippen LogP contribution < -0.4 is 5.73 Å². The van der Waals surface area contributed by atoms with Crippen molar-refractivity contribution >= 4 is 5.69 Å². The number of hydrogen-bond acceptors (Lipinski definition) is 1. The van der Waals surface area contributed by atoms with Crippen molar-refractivity contribution in [3.8, 4) is 0 Å². The van der Waals surface area contributed by atoms with Gasteiger partial charge in [-0.25, -0.2) is 13.2 Å². The number of benzene rings is 1. The van der Waals surface area contributed by atoms with Gasteiger partial charge in [-0.05, 0) is 25.0 Å². The van der Waals surface area contributed by atoms with Crippen LogP contribution in [0.3, 0.4) is 0 Å². The fraction of sp³-hybridized carbons (Fsp3) is 0.400. The third-order valence-electron chi connectivity index (χ3n) is 2.48. The van der Waals surface area contributed by atoms with Crippen LogP contribution in [0.1, 0.15) is 18.4 Å². The molecule has 0 saturated heterocycles. The van der Waals surface area contributed by atoms with Crippen molar-refractivity contribution < 1.29 is 13.2 Å². The van der Waals surface area contributed by atoms with Crippen molar-refractivity contribution in [2.24, 2.45) is 5.92 Å². The van der Waals surface area contributed by atoms with Gasteiger partial charge in [0.25, 0.3) is 5.92 Å². The van der Waals surface area contributed by atoms with Gasteiger partial charge in [-0.1, -0.05) is 6.07 Å². The number of nitrogen functional groups attached to an aromatic ring is 1. The quantitative estimate of drug-likeness (QED) is 0.731. The van der Waals surface area contributed by atoms with Gasteiger partial charge in [0.05, 0.1) is 11.3 Å². The molecule has 0 amide bonds. The molecular weight excluding hydrogens is 191 g/mol. The van der Waals surface area contributed by atoms with E-state index < -0.39 is 23.2 Å². The van der Waals surface area contributed by atoms with Crippen LogP contribution in [0.5, 0.6) is 0 Å². The molecule has 1 aromatic rings. The normalized spacial score (nSPS) is 17.1. The van der Waals surface area contributed by atoms with E-state index >= 15 is 0 Å². The van der Waals surface area contributed by atoms with Gasteiger partial charge in [0.15, 0.2) is 5.82 Å². The van der Waals surface area contributed by atoms with Crippen molar-refractivity contribution in [3.63, 3.8) is 0 Å². The zero-order chi connectivity index (χ0) is 10.3. The summed E-state index contributed by atoms with van der Waals surface area (Å²) in [5.41, 5.74) is 4.44. The molecule has 1 fully saturated rings. The number of hydrogen-bond donors (Lipinski definition) is 1. The summed E-state index contributed by atoms with van der Waals surface area (Å²) >= 11 is 0. The van der Waals surface area contributed by atoms with Crippen LogP contribution in [0, 0.1) is 11.7 Å². The molecule has 2 N–H and O–H groups in total. The molecule has 0 radical (unpaired) electrons. The van der Waals surface area contributed by atoms with E-state index in [1.54, 1.807) is 0 Å². The molecule has 0 heterocycles. The Balaban J connectivity index is 2.44. The summed E-state index contributed by atoms with van der Waals surface area (Å²) in [6.45, 7) is 0. The SMILES string of the molecule is Nc1cccc(C(F)(F)C2CC2)c1F. The smallest absolute Gasteiger partial charge is 0.278 e. The topological polar surface area (TPSA) is 26.0 Å². The predicted molar refractivity (Wildman–Crippen MR) is 47.4 cm³/mol. The van der Waals surface area contributed by atoms with Crippen molar-refractivity contribution in [1.82, 2.24) is 0 Å². The van der Waals surface area contributed by atoms with Crippen LogP contribution in [0.15, 0.2) is 18.2 Å². The molecule has 1 saturated carbocycles. The van der Waals surface area contributed by atoms with Crippen molar-refractivity contribution in [1.29, 1.82) is 0 Å². The highest BCUT2D eigenvalue weighted by molar-refractivity contribution is 5.44. The number of alkyl halides is 2. The standard InChI is InChI=1S/C10H10F3N/c11-9-7(2-1-3-8(9)14)10(12,13)6-4-5-6/h1-3,6H,4-5,14H2. The lowest BCUT2D eigenvalue weighted by molar-refractivity contribution is -0.0316. The van der Waals surface area contributed by atoms with Gasteiger partial charge < -0.3 is 5.73 Å².